The summed E-state index contributed by atoms with van der Waals surface area (Å²) < 4.78 is 37.4. The first-order chi connectivity index (χ1) is 11.6. The van der Waals surface area contributed by atoms with Gasteiger partial charge < -0.3 is 9.47 Å². The van der Waals surface area contributed by atoms with Gasteiger partial charge in [0, 0.05) is 24.3 Å². The molecule has 0 atom stereocenters. The lowest BCUT2D eigenvalue weighted by molar-refractivity contribution is 0.146. The third kappa shape index (κ3) is 6.16. The first-order valence-corrected chi connectivity index (χ1v) is 9.98. The van der Waals surface area contributed by atoms with Gasteiger partial charge in [0.15, 0.2) is 0 Å². The molecule has 5 nitrogen and oxygen atoms in total. The van der Waals surface area contributed by atoms with Gasteiger partial charge >= 0.3 is 0 Å². The van der Waals surface area contributed by atoms with Gasteiger partial charge in [-0.3, -0.25) is 0 Å². The van der Waals surface area contributed by atoms with Gasteiger partial charge in [0.1, 0.15) is 12.4 Å². The van der Waals surface area contributed by atoms with Crippen molar-refractivity contribution in [1.29, 1.82) is 0 Å². The van der Waals surface area contributed by atoms with Crippen LogP contribution in [0, 0.1) is 0 Å². The molecule has 2 rings (SSSR count). The Morgan fingerprint density at radius 1 is 1.00 bits per heavy atom. The highest BCUT2D eigenvalue weighted by molar-refractivity contribution is 7.99. The Kier molecular flexibility index (Phi) is 7.58. The molecule has 0 amide bonds. The van der Waals surface area contributed by atoms with Gasteiger partial charge in [0.05, 0.1) is 11.5 Å². The Labute approximate surface area is 147 Å². The molecule has 0 spiro atoms. The Balaban J connectivity index is 1.81. The summed E-state index contributed by atoms with van der Waals surface area (Å²) in [6.45, 7) is 1.28. The lowest BCUT2D eigenvalue weighted by atomic mass is 10.3. The van der Waals surface area contributed by atoms with Crippen molar-refractivity contribution in [1.82, 2.24) is 4.72 Å². The molecule has 0 aliphatic heterocycles. The Morgan fingerprint density at radius 3 is 2.38 bits per heavy atom. The lowest BCUT2D eigenvalue weighted by Gasteiger charge is -2.09. The molecule has 0 radical (unpaired) electrons. The van der Waals surface area contributed by atoms with Crippen molar-refractivity contribution in [3.8, 4) is 5.75 Å². The molecular formula is C17H21NO4S2. The summed E-state index contributed by atoms with van der Waals surface area (Å²) in [5.41, 5.74) is 0. The second kappa shape index (κ2) is 9.68. The minimum absolute atomic E-state index is 0.228. The predicted molar refractivity (Wildman–Crippen MR) is 96.2 cm³/mol. The topological polar surface area (TPSA) is 64.6 Å². The van der Waals surface area contributed by atoms with E-state index in [1.54, 1.807) is 31.0 Å². The van der Waals surface area contributed by atoms with Gasteiger partial charge in [-0.25, -0.2) is 13.1 Å². The van der Waals surface area contributed by atoms with Crippen LogP contribution >= 0.6 is 11.8 Å². The van der Waals surface area contributed by atoms with Crippen LogP contribution in [0.1, 0.15) is 0 Å². The zero-order chi connectivity index (χ0) is 17.3. The zero-order valence-electron chi connectivity index (χ0n) is 13.5. The number of sulfonamides is 1. The molecule has 0 aliphatic rings. The highest BCUT2D eigenvalue weighted by Crippen LogP contribution is 2.18. The maximum Gasteiger partial charge on any atom is 0.240 e. The quantitative estimate of drug-likeness (QED) is 0.517. The summed E-state index contributed by atoms with van der Waals surface area (Å²) in [7, 11) is -1.90. The van der Waals surface area contributed by atoms with Gasteiger partial charge in [0.25, 0.3) is 0 Å². The van der Waals surface area contributed by atoms with Crippen molar-refractivity contribution in [2.45, 2.75) is 9.79 Å². The predicted octanol–water partition coefficient (Wildman–Crippen LogP) is 2.78. The van der Waals surface area contributed by atoms with Crippen LogP contribution in [-0.4, -0.2) is 41.0 Å². The molecule has 2 aromatic rings. The fourth-order valence-electron chi connectivity index (χ4n) is 1.90. The number of ether oxygens (including phenoxy) is 2. The second-order valence-electron chi connectivity index (χ2n) is 4.87. The van der Waals surface area contributed by atoms with Crippen LogP contribution in [0.15, 0.2) is 64.4 Å². The molecule has 0 aliphatic carbocycles. The van der Waals surface area contributed by atoms with Gasteiger partial charge in [-0.2, -0.15) is 0 Å². The number of nitrogens with one attached hydrogen (secondary N) is 1. The minimum Gasteiger partial charge on any atom is -0.491 e. The Bertz CT molecular complexity index is 703. The number of methoxy groups -OCH3 is 1. The number of hydrogen-bond acceptors (Lipinski definition) is 5. The normalized spacial score (nSPS) is 11.4. The fourth-order valence-corrected chi connectivity index (χ4v) is 3.85. The molecule has 24 heavy (non-hydrogen) atoms. The number of thioether (sulfide) groups is 1. The van der Waals surface area contributed by atoms with Crippen LogP contribution in [-0.2, 0) is 14.8 Å². The van der Waals surface area contributed by atoms with Crippen LogP contribution in [0.4, 0.5) is 0 Å². The van der Waals surface area contributed by atoms with Crippen molar-refractivity contribution in [3.05, 3.63) is 54.6 Å². The van der Waals surface area contributed by atoms with E-state index >= 15 is 0 Å². The summed E-state index contributed by atoms with van der Waals surface area (Å²) >= 11 is 1.61. The molecular weight excluding hydrogens is 346 g/mol. The summed E-state index contributed by atoms with van der Waals surface area (Å²) in [6, 6.07) is 16.2. The highest BCUT2D eigenvalue weighted by Gasteiger charge is 2.13. The molecule has 0 fully saturated rings. The van der Waals surface area contributed by atoms with E-state index in [2.05, 4.69) is 4.72 Å². The largest absolute Gasteiger partial charge is 0.491 e. The molecule has 0 heterocycles. The molecule has 0 bridgehead atoms. The van der Waals surface area contributed by atoms with E-state index < -0.39 is 10.0 Å². The molecule has 0 aromatic heterocycles. The van der Waals surface area contributed by atoms with Crippen LogP contribution in [0.5, 0.6) is 5.75 Å². The average molecular weight is 367 g/mol. The van der Waals surface area contributed by atoms with Crippen LogP contribution in [0.2, 0.25) is 0 Å². The van der Waals surface area contributed by atoms with Gasteiger partial charge in [-0.15, -0.1) is 11.8 Å². The van der Waals surface area contributed by atoms with Crippen molar-refractivity contribution in [2.24, 2.45) is 0 Å². The maximum atomic E-state index is 12.2. The van der Waals surface area contributed by atoms with E-state index in [4.69, 9.17) is 9.47 Å². The summed E-state index contributed by atoms with van der Waals surface area (Å²) in [5.74, 6) is 1.28. The Hall–Kier alpha value is -1.54. The number of benzene rings is 2. The third-order valence-electron chi connectivity index (χ3n) is 3.10. The first kappa shape index (κ1) is 18.8. The minimum atomic E-state index is -3.50. The molecule has 2 aromatic carbocycles. The van der Waals surface area contributed by atoms with Crippen molar-refractivity contribution in [3.63, 3.8) is 0 Å². The number of hydrogen-bond donors (Lipinski definition) is 1. The highest BCUT2D eigenvalue weighted by atomic mass is 32.2. The SMILES string of the molecule is COCCOc1ccc(S(=O)(=O)NCCSc2ccccc2)cc1. The average Bonchev–Trinajstić information content (AvgIpc) is 2.60. The summed E-state index contributed by atoms with van der Waals surface area (Å²) in [5, 5.41) is 0. The first-order valence-electron chi connectivity index (χ1n) is 7.51. The third-order valence-corrected chi connectivity index (χ3v) is 5.59. The monoisotopic (exact) mass is 367 g/mol. The van der Waals surface area contributed by atoms with E-state index in [0.29, 0.717) is 31.3 Å². The standard InChI is InChI=1S/C17H21NO4S2/c1-21-12-13-22-15-7-9-17(10-8-15)24(19,20)18-11-14-23-16-5-3-2-4-6-16/h2-10,18H,11-14H2,1H3. The molecule has 0 saturated heterocycles. The smallest absolute Gasteiger partial charge is 0.240 e. The van der Waals surface area contributed by atoms with Crippen molar-refractivity contribution >= 4 is 21.8 Å². The summed E-state index contributed by atoms with van der Waals surface area (Å²) in [6.07, 6.45) is 0. The molecule has 0 unspecified atom stereocenters. The van der Waals surface area contributed by atoms with E-state index in [9.17, 15) is 8.42 Å². The summed E-state index contributed by atoms with van der Waals surface area (Å²) in [4.78, 5) is 1.35. The van der Waals surface area contributed by atoms with Gasteiger partial charge in [0.2, 0.25) is 10.0 Å². The molecule has 130 valence electrons. The van der Waals surface area contributed by atoms with E-state index in [0.717, 1.165) is 4.90 Å². The van der Waals surface area contributed by atoms with E-state index in [-0.39, 0.29) is 4.90 Å². The fraction of sp³-hybridized carbons (Fsp3) is 0.294. The van der Waals surface area contributed by atoms with Crippen LogP contribution in [0.3, 0.4) is 0 Å². The van der Waals surface area contributed by atoms with E-state index in [1.807, 2.05) is 30.3 Å². The maximum absolute atomic E-state index is 12.2. The van der Waals surface area contributed by atoms with Crippen LogP contribution < -0.4 is 9.46 Å². The lowest BCUT2D eigenvalue weighted by Crippen LogP contribution is -2.26. The molecule has 1 N–H and O–H groups in total. The van der Waals surface area contributed by atoms with Gasteiger partial charge in [-0.05, 0) is 36.4 Å². The van der Waals surface area contributed by atoms with Crippen LogP contribution in [0.25, 0.3) is 0 Å². The zero-order valence-corrected chi connectivity index (χ0v) is 15.1. The van der Waals surface area contributed by atoms with Crippen molar-refractivity contribution < 1.29 is 17.9 Å². The van der Waals surface area contributed by atoms with Gasteiger partial charge in [-0.1, -0.05) is 18.2 Å². The Morgan fingerprint density at radius 2 is 1.71 bits per heavy atom. The molecule has 7 heteroatoms. The van der Waals surface area contributed by atoms with Crippen molar-refractivity contribution in [2.75, 3.05) is 32.6 Å². The second-order valence-corrected chi connectivity index (χ2v) is 7.81. The molecule has 0 saturated carbocycles. The van der Waals surface area contributed by atoms with E-state index in [1.165, 1.54) is 12.1 Å². The number of rotatable bonds is 10.